The Labute approximate surface area is 155 Å². The van der Waals surface area contributed by atoms with E-state index in [9.17, 15) is 9.59 Å². The minimum absolute atomic E-state index is 0.0257. The molecule has 0 aliphatic heterocycles. The highest BCUT2D eigenvalue weighted by Crippen LogP contribution is 2.32. The van der Waals surface area contributed by atoms with Gasteiger partial charge >= 0.3 is 5.97 Å². The highest BCUT2D eigenvalue weighted by atomic mass is 16.5. The van der Waals surface area contributed by atoms with Crippen LogP contribution < -0.4 is 5.32 Å². The molecule has 2 aromatic carbocycles. The van der Waals surface area contributed by atoms with Crippen molar-refractivity contribution in [1.82, 2.24) is 5.32 Å². The van der Waals surface area contributed by atoms with Crippen LogP contribution in [0.4, 0.5) is 0 Å². The summed E-state index contributed by atoms with van der Waals surface area (Å²) in [6.45, 7) is 5.81. The van der Waals surface area contributed by atoms with Crippen LogP contribution >= 0.6 is 0 Å². The molecule has 0 heterocycles. The molecule has 2 atom stereocenters. The Morgan fingerprint density at radius 2 is 1.46 bits per heavy atom. The molecular weight excluding hydrogens is 326 g/mol. The Bertz CT molecular complexity index is 688. The van der Waals surface area contributed by atoms with E-state index < -0.39 is 17.4 Å². The van der Waals surface area contributed by atoms with Gasteiger partial charge in [-0.3, -0.25) is 4.79 Å². The first-order valence-corrected chi connectivity index (χ1v) is 8.95. The summed E-state index contributed by atoms with van der Waals surface area (Å²) in [6, 6.07) is 18.5. The Hall–Kier alpha value is -2.62. The Kier molecular flexibility index (Phi) is 6.56. The van der Waals surface area contributed by atoms with Crippen LogP contribution in [0.3, 0.4) is 0 Å². The molecule has 0 saturated carbocycles. The minimum Gasteiger partial charge on any atom is -0.467 e. The number of esters is 1. The zero-order valence-electron chi connectivity index (χ0n) is 15.9. The summed E-state index contributed by atoms with van der Waals surface area (Å²) in [5.41, 5.74) is 0.829. The normalized spacial score (nSPS) is 13.5. The number of nitrogens with one attached hydrogen (secondary N) is 1. The van der Waals surface area contributed by atoms with Crippen molar-refractivity contribution >= 4 is 11.9 Å². The molecule has 0 radical (unpaired) electrons. The van der Waals surface area contributed by atoms with Gasteiger partial charge in [-0.15, -0.1) is 0 Å². The summed E-state index contributed by atoms with van der Waals surface area (Å²) in [4.78, 5) is 25.6. The molecule has 2 rings (SSSR count). The molecule has 0 fully saturated rings. The quantitative estimate of drug-likeness (QED) is 0.772. The Balaban J connectivity index is 2.46. The standard InChI is InChI=1S/C22H27NO3/c1-5-16(2)19(20(24)26-4)23-21(25)22(3,17-12-8-6-9-13-17)18-14-10-7-11-15-18/h6-16,19H,5H2,1-4H3,(H,23,25)/t16-,19-/m1/s1. The smallest absolute Gasteiger partial charge is 0.328 e. The van der Waals surface area contributed by atoms with E-state index >= 15 is 0 Å². The molecule has 0 spiro atoms. The zero-order chi connectivity index (χ0) is 19.2. The number of carbonyl (C=O) groups is 2. The highest BCUT2D eigenvalue weighted by molar-refractivity contribution is 5.94. The number of carbonyl (C=O) groups excluding carboxylic acids is 2. The van der Waals surface area contributed by atoms with E-state index in [-0.39, 0.29) is 11.8 Å². The molecule has 1 N–H and O–H groups in total. The average Bonchev–Trinajstić information content (AvgIpc) is 2.71. The van der Waals surface area contributed by atoms with E-state index in [4.69, 9.17) is 4.74 Å². The fraction of sp³-hybridized carbons (Fsp3) is 0.364. The van der Waals surface area contributed by atoms with Crippen LogP contribution in [0.25, 0.3) is 0 Å². The molecule has 0 aliphatic rings. The molecule has 0 aromatic heterocycles. The summed E-state index contributed by atoms with van der Waals surface area (Å²) in [5.74, 6) is -0.663. The molecule has 0 saturated heterocycles. The number of hydrogen-bond donors (Lipinski definition) is 1. The second-order valence-electron chi connectivity index (χ2n) is 6.72. The van der Waals surface area contributed by atoms with Crippen molar-refractivity contribution in [3.63, 3.8) is 0 Å². The third-order valence-corrected chi connectivity index (χ3v) is 5.11. The molecule has 26 heavy (non-hydrogen) atoms. The molecular formula is C22H27NO3. The zero-order valence-corrected chi connectivity index (χ0v) is 15.9. The number of ether oxygens (including phenoxy) is 1. The van der Waals surface area contributed by atoms with Gasteiger partial charge < -0.3 is 10.1 Å². The van der Waals surface area contributed by atoms with E-state index in [1.807, 2.05) is 81.4 Å². The Morgan fingerprint density at radius 3 is 1.85 bits per heavy atom. The van der Waals surface area contributed by atoms with Crippen LogP contribution in [-0.4, -0.2) is 25.0 Å². The van der Waals surface area contributed by atoms with Crippen molar-refractivity contribution in [3.8, 4) is 0 Å². The van der Waals surface area contributed by atoms with Crippen molar-refractivity contribution in [2.75, 3.05) is 7.11 Å². The van der Waals surface area contributed by atoms with Gasteiger partial charge in [0.1, 0.15) is 6.04 Å². The lowest BCUT2D eigenvalue weighted by Gasteiger charge is -2.32. The van der Waals surface area contributed by atoms with Gasteiger partial charge in [-0.2, -0.15) is 0 Å². The van der Waals surface area contributed by atoms with Gasteiger partial charge in [0.25, 0.3) is 0 Å². The maximum absolute atomic E-state index is 13.4. The fourth-order valence-corrected chi connectivity index (χ4v) is 3.05. The molecule has 1 amide bonds. The third kappa shape index (κ3) is 3.96. The summed E-state index contributed by atoms with van der Waals surface area (Å²) in [7, 11) is 1.34. The van der Waals surface area contributed by atoms with Gasteiger partial charge in [-0.1, -0.05) is 80.9 Å². The number of rotatable bonds is 7. The summed E-state index contributed by atoms with van der Waals surface area (Å²) in [5, 5.41) is 2.94. The van der Waals surface area contributed by atoms with Gasteiger partial charge in [-0.25, -0.2) is 4.79 Å². The first-order chi connectivity index (χ1) is 12.4. The first kappa shape index (κ1) is 19.7. The van der Waals surface area contributed by atoms with Crippen molar-refractivity contribution < 1.29 is 14.3 Å². The second kappa shape index (κ2) is 8.65. The van der Waals surface area contributed by atoms with Crippen molar-refractivity contribution in [2.45, 2.75) is 38.6 Å². The minimum atomic E-state index is -0.914. The molecule has 4 nitrogen and oxygen atoms in total. The lowest BCUT2D eigenvalue weighted by atomic mass is 9.75. The number of benzene rings is 2. The van der Waals surface area contributed by atoms with E-state index in [2.05, 4.69) is 5.32 Å². The van der Waals surface area contributed by atoms with Crippen molar-refractivity contribution in [1.29, 1.82) is 0 Å². The van der Waals surface area contributed by atoms with E-state index in [0.717, 1.165) is 17.5 Å². The Morgan fingerprint density at radius 1 is 1.00 bits per heavy atom. The molecule has 0 aliphatic carbocycles. The van der Waals surface area contributed by atoms with Crippen molar-refractivity contribution in [3.05, 3.63) is 71.8 Å². The maximum Gasteiger partial charge on any atom is 0.328 e. The molecule has 2 aromatic rings. The largest absolute Gasteiger partial charge is 0.467 e. The summed E-state index contributed by atoms with van der Waals surface area (Å²) < 4.78 is 4.91. The molecule has 0 unspecified atom stereocenters. The van der Waals surface area contributed by atoms with Crippen molar-refractivity contribution in [2.24, 2.45) is 5.92 Å². The molecule has 0 bridgehead atoms. The van der Waals surface area contributed by atoms with Crippen LogP contribution in [0.5, 0.6) is 0 Å². The van der Waals surface area contributed by atoms with Gasteiger partial charge in [0.15, 0.2) is 0 Å². The average molecular weight is 353 g/mol. The van der Waals surface area contributed by atoms with Crippen LogP contribution in [0.1, 0.15) is 38.3 Å². The third-order valence-electron chi connectivity index (χ3n) is 5.11. The van der Waals surface area contributed by atoms with Crippen LogP contribution in [0.2, 0.25) is 0 Å². The SMILES string of the molecule is CC[C@@H](C)[C@@H](NC(=O)C(C)(c1ccccc1)c1ccccc1)C(=O)OC. The van der Waals surface area contributed by atoms with Gasteiger partial charge in [0, 0.05) is 0 Å². The van der Waals surface area contributed by atoms with Crippen LogP contribution in [-0.2, 0) is 19.7 Å². The lowest BCUT2D eigenvalue weighted by molar-refractivity contribution is -0.147. The van der Waals surface area contributed by atoms with Gasteiger partial charge in [0.05, 0.1) is 12.5 Å². The predicted molar refractivity (Wildman–Crippen MR) is 103 cm³/mol. The van der Waals surface area contributed by atoms with Crippen LogP contribution in [0, 0.1) is 5.92 Å². The second-order valence-corrected chi connectivity index (χ2v) is 6.72. The topological polar surface area (TPSA) is 55.4 Å². The van der Waals surface area contributed by atoms with Crippen LogP contribution in [0.15, 0.2) is 60.7 Å². The highest BCUT2D eigenvalue weighted by Gasteiger charge is 2.40. The number of methoxy groups -OCH3 is 1. The van der Waals surface area contributed by atoms with E-state index in [1.165, 1.54) is 7.11 Å². The summed E-state index contributed by atoms with van der Waals surface area (Å²) >= 11 is 0. The fourth-order valence-electron chi connectivity index (χ4n) is 3.05. The molecule has 4 heteroatoms. The number of hydrogen-bond acceptors (Lipinski definition) is 3. The lowest BCUT2D eigenvalue weighted by Crippen LogP contribution is -2.52. The van der Waals surface area contributed by atoms with Gasteiger partial charge in [-0.05, 0) is 24.0 Å². The first-order valence-electron chi connectivity index (χ1n) is 8.95. The molecule has 138 valence electrons. The summed E-state index contributed by atoms with van der Waals surface area (Å²) in [6.07, 6.45) is 0.757. The van der Waals surface area contributed by atoms with E-state index in [1.54, 1.807) is 0 Å². The van der Waals surface area contributed by atoms with Gasteiger partial charge in [0.2, 0.25) is 5.91 Å². The monoisotopic (exact) mass is 353 g/mol. The number of amides is 1. The van der Waals surface area contributed by atoms with E-state index in [0.29, 0.717) is 0 Å². The maximum atomic E-state index is 13.4. The predicted octanol–water partition coefficient (Wildman–Crippen LogP) is 3.70.